The minimum Gasteiger partial charge on any atom is -0.389 e. The summed E-state index contributed by atoms with van der Waals surface area (Å²) in [5.74, 6) is 0.385. The Morgan fingerprint density at radius 2 is 1.46 bits per heavy atom. The van der Waals surface area contributed by atoms with Gasteiger partial charge in [0.15, 0.2) is 17.1 Å². The molecule has 0 spiro atoms. The van der Waals surface area contributed by atoms with Crippen LogP contribution in [0.4, 0.5) is 4.39 Å². The molecule has 6 aromatic rings. The number of pyridine rings is 1. The molecule has 2 saturated carbocycles. The average Bonchev–Trinajstić information content (AvgIpc) is 3.76. The predicted octanol–water partition coefficient (Wildman–Crippen LogP) is 5.90. The van der Waals surface area contributed by atoms with Crippen LogP contribution >= 0.6 is 0 Å². The summed E-state index contributed by atoms with van der Waals surface area (Å²) in [6.07, 6.45) is 3.37. The normalized spacial score (nSPS) is 22.2. The molecule has 3 heterocycles. The van der Waals surface area contributed by atoms with E-state index in [2.05, 4.69) is 10.2 Å². The quantitative estimate of drug-likeness (QED) is 0.281. The van der Waals surface area contributed by atoms with Gasteiger partial charge in [0.2, 0.25) is 0 Å². The number of nitrogens with zero attached hydrogens (tertiary/aromatic N) is 5. The molecular formula is C33H27FN6O. The Bertz CT molecular complexity index is 1940. The van der Waals surface area contributed by atoms with Crippen LogP contribution in [0, 0.1) is 11.7 Å². The summed E-state index contributed by atoms with van der Waals surface area (Å²) in [5.41, 5.74) is 11.9. The zero-order valence-electron chi connectivity index (χ0n) is 22.2. The summed E-state index contributed by atoms with van der Waals surface area (Å²) >= 11 is 0. The lowest BCUT2D eigenvalue weighted by Crippen LogP contribution is -2.60. The molecule has 8 heteroatoms. The van der Waals surface area contributed by atoms with Gasteiger partial charge in [-0.2, -0.15) is 0 Å². The minimum atomic E-state index is -0.618. The summed E-state index contributed by atoms with van der Waals surface area (Å²) in [4.78, 5) is 10.2. The fourth-order valence-corrected chi connectivity index (χ4v) is 6.41. The average molecular weight is 543 g/mol. The van der Waals surface area contributed by atoms with Gasteiger partial charge in [-0.25, -0.2) is 14.4 Å². The number of nitrogens with two attached hydrogens (primary N) is 1. The van der Waals surface area contributed by atoms with E-state index in [1.54, 1.807) is 22.6 Å². The first-order valence-electron chi connectivity index (χ1n) is 13.9. The first kappa shape index (κ1) is 24.3. The first-order chi connectivity index (χ1) is 19.9. The molecule has 0 unspecified atom stereocenters. The molecule has 2 aliphatic carbocycles. The zero-order valence-corrected chi connectivity index (χ0v) is 22.2. The zero-order chi connectivity index (χ0) is 27.8. The van der Waals surface area contributed by atoms with Gasteiger partial charge in [-0.05, 0) is 61.4 Å². The summed E-state index contributed by atoms with van der Waals surface area (Å²) in [7, 11) is 0. The maximum Gasteiger partial charge on any atom is 0.173 e. The number of hydrogen-bond donors (Lipinski definition) is 2. The highest BCUT2D eigenvalue weighted by Gasteiger charge is 2.58. The summed E-state index contributed by atoms with van der Waals surface area (Å²) in [6, 6.07) is 28.2. The maximum absolute atomic E-state index is 14.8. The van der Waals surface area contributed by atoms with Crippen molar-refractivity contribution in [2.45, 2.75) is 36.8 Å². The monoisotopic (exact) mass is 542 g/mol. The van der Waals surface area contributed by atoms with Gasteiger partial charge in [-0.1, -0.05) is 66.7 Å². The highest BCUT2D eigenvalue weighted by Crippen LogP contribution is 2.57. The second-order valence-electron chi connectivity index (χ2n) is 11.5. The van der Waals surface area contributed by atoms with E-state index >= 15 is 0 Å². The molecular weight excluding hydrogens is 515 g/mol. The summed E-state index contributed by atoms with van der Waals surface area (Å²) in [6.45, 7) is 0. The second-order valence-corrected chi connectivity index (χ2v) is 11.5. The Balaban J connectivity index is 1.27. The maximum atomic E-state index is 14.8. The molecule has 3 aromatic heterocycles. The summed E-state index contributed by atoms with van der Waals surface area (Å²) in [5, 5.41) is 19.5. The Labute approximate surface area is 235 Å². The highest BCUT2D eigenvalue weighted by molar-refractivity contribution is 5.87. The van der Waals surface area contributed by atoms with Crippen LogP contribution in [0.3, 0.4) is 0 Å². The molecule has 2 aliphatic rings. The van der Waals surface area contributed by atoms with E-state index in [0.29, 0.717) is 52.7 Å². The standard InChI is InChI=1S/C33H27FN6O/c34-25-9-5-4-8-24(25)30-39-38-27-17-16-26-31(40(27)30)37-29(20-6-2-1-3-7-20)28(36-26)21-10-12-22(13-11-21)32(35)18-33(41,19-32)23-14-15-23/h1-13,16-17,23,41H,14-15,18-19,35H2. The van der Waals surface area contributed by atoms with E-state index in [9.17, 15) is 9.50 Å². The van der Waals surface area contributed by atoms with Gasteiger partial charge < -0.3 is 10.8 Å². The van der Waals surface area contributed by atoms with Gasteiger partial charge in [0.05, 0.1) is 22.6 Å². The third-order valence-electron chi connectivity index (χ3n) is 8.67. The fourth-order valence-electron chi connectivity index (χ4n) is 6.41. The Kier molecular flexibility index (Phi) is 5.17. The molecule has 41 heavy (non-hydrogen) atoms. The van der Waals surface area contributed by atoms with Crippen LogP contribution in [0.15, 0.2) is 91.0 Å². The third-order valence-corrected chi connectivity index (χ3v) is 8.67. The number of fused-ring (bicyclic) bond motifs is 3. The van der Waals surface area contributed by atoms with Crippen molar-refractivity contribution in [3.05, 3.63) is 102 Å². The highest BCUT2D eigenvalue weighted by atomic mass is 19.1. The summed E-state index contributed by atoms with van der Waals surface area (Å²) < 4.78 is 16.6. The van der Waals surface area contributed by atoms with Crippen molar-refractivity contribution in [3.8, 4) is 33.9 Å². The van der Waals surface area contributed by atoms with Crippen molar-refractivity contribution in [2.24, 2.45) is 11.7 Å². The Hall–Kier alpha value is -4.53. The van der Waals surface area contributed by atoms with Crippen molar-refractivity contribution in [1.29, 1.82) is 0 Å². The molecule has 8 rings (SSSR count). The van der Waals surface area contributed by atoms with Crippen LogP contribution in [-0.2, 0) is 5.54 Å². The molecule has 0 bridgehead atoms. The molecule has 7 nitrogen and oxygen atoms in total. The predicted molar refractivity (Wildman–Crippen MR) is 155 cm³/mol. The number of aromatic nitrogens is 5. The van der Waals surface area contributed by atoms with Crippen molar-refractivity contribution in [2.75, 3.05) is 0 Å². The van der Waals surface area contributed by atoms with Gasteiger partial charge in [0.1, 0.15) is 11.3 Å². The van der Waals surface area contributed by atoms with Gasteiger partial charge in [-0.3, -0.25) is 4.40 Å². The van der Waals surface area contributed by atoms with E-state index in [0.717, 1.165) is 35.2 Å². The van der Waals surface area contributed by atoms with E-state index in [1.807, 2.05) is 66.7 Å². The Morgan fingerprint density at radius 3 is 2.20 bits per heavy atom. The van der Waals surface area contributed by atoms with Crippen LogP contribution in [-0.4, -0.2) is 35.3 Å². The molecule has 0 aliphatic heterocycles. The van der Waals surface area contributed by atoms with Crippen molar-refractivity contribution in [1.82, 2.24) is 24.6 Å². The van der Waals surface area contributed by atoms with Crippen LogP contribution in [0.2, 0.25) is 0 Å². The third kappa shape index (κ3) is 3.86. The molecule has 0 amide bonds. The molecule has 3 aromatic carbocycles. The SMILES string of the molecule is NC1(c2ccc(-c3nc4ccc5nnc(-c6ccccc6F)n5c4nc3-c3ccccc3)cc2)CC(O)(C2CC2)C1. The number of rotatable bonds is 5. The second kappa shape index (κ2) is 8.73. The van der Waals surface area contributed by atoms with E-state index < -0.39 is 11.1 Å². The number of aliphatic hydroxyl groups is 1. The lowest BCUT2D eigenvalue weighted by Gasteiger charge is -2.52. The largest absolute Gasteiger partial charge is 0.389 e. The van der Waals surface area contributed by atoms with Crippen LogP contribution < -0.4 is 5.73 Å². The smallest absolute Gasteiger partial charge is 0.173 e. The number of halogens is 1. The molecule has 0 radical (unpaired) electrons. The topological polar surface area (TPSA) is 102 Å². The van der Waals surface area contributed by atoms with Crippen molar-refractivity contribution >= 4 is 16.8 Å². The van der Waals surface area contributed by atoms with Gasteiger partial charge in [0.25, 0.3) is 0 Å². The van der Waals surface area contributed by atoms with E-state index in [-0.39, 0.29) is 5.82 Å². The molecule has 202 valence electrons. The van der Waals surface area contributed by atoms with Gasteiger partial charge >= 0.3 is 0 Å². The lowest BCUT2D eigenvalue weighted by molar-refractivity contribution is -0.106. The van der Waals surface area contributed by atoms with Crippen LogP contribution in [0.25, 0.3) is 50.7 Å². The van der Waals surface area contributed by atoms with E-state index in [4.69, 9.17) is 15.7 Å². The minimum absolute atomic E-state index is 0.343. The van der Waals surface area contributed by atoms with Gasteiger partial charge in [0, 0.05) is 16.7 Å². The molecule has 2 fully saturated rings. The molecule has 3 N–H and O–H groups in total. The van der Waals surface area contributed by atoms with Crippen LogP contribution in [0.1, 0.15) is 31.2 Å². The van der Waals surface area contributed by atoms with Crippen molar-refractivity contribution in [3.63, 3.8) is 0 Å². The van der Waals surface area contributed by atoms with E-state index in [1.165, 1.54) is 6.07 Å². The first-order valence-corrected chi connectivity index (χ1v) is 13.9. The molecule has 0 atom stereocenters. The lowest BCUT2D eigenvalue weighted by atomic mass is 9.60. The van der Waals surface area contributed by atoms with Gasteiger partial charge in [-0.15, -0.1) is 10.2 Å². The van der Waals surface area contributed by atoms with Crippen molar-refractivity contribution < 1.29 is 9.50 Å². The number of hydrogen-bond acceptors (Lipinski definition) is 6. The Morgan fingerprint density at radius 1 is 0.780 bits per heavy atom. The van der Waals surface area contributed by atoms with Crippen LogP contribution in [0.5, 0.6) is 0 Å². The fraction of sp³-hybridized carbons (Fsp3) is 0.212. The number of benzene rings is 3. The molecule has 0 saturated heterocycles.